The number of aryl methyl sites for hydroxylation is 1. The van der Waals surface area contributed by atoms with Crippen molar-refractivity contribution in [3.05, 3.63) is 40.0 Å². The van der Waals surface area contributed by atoms with Gasteiger partial charge >= 0.3 is 0 Å². The summed E-state index contributed by atoms with van der Waals surface area (Å²) >= 11 is 1.68. The number of hydrogen-bond donors (Lipinski definition) is 1. The van der Waals surface area contributed by atoms with Crippen LogP contribution in [0.2, 0.25) is 0 Å². The lowest BCUT2D eigenvalue weighted by molar-refractivity contribution is 0.305. The molecule has 0 aromatic carbocycles. The zero-order valence-electron chi connectivity index (χ0n) is 12.1. The molecule has 0 aliphatic rings. The van der Waals surface area contributed by atoms with E-state index in [-0.39, 0.29) is 0 Å². The Bertz CT molecular complexity index is 527. The van der Waals surface area contributed by atoms with Crippen molar-refractivity contribution >= 4 is 11.3 Å². The molecule has 0 bridgehead atoms. The molecule has 0 aliphatic carbocycles. The SMILES string of the molecule is CCCNCc1cccnc1OCCc1scnc1C. The molecule has 20 heavy (non-hydrogen) atoms. The van der Waals surface area contributed by atoms with E-state index in [1.54, 1.807) is 17.5 Å². The highest BCUT2D eigenvalue weighted by Gasteiger charge is 2.06. The minimum Gasteiger partial charge on any atom is -0.477 e. The third-order valence-corrected chi connectivity index (χ3v) is 4.00. The highest BCUT2D eigenvalue weighted by molar-refractivity contribution is 7.09. The summed E-state index contributed by atoms with van der Waals surface area (Å²) in [5.41, 5.74) is 4.09. The molecule has 0 aliphatic heterocycles. The van der Waals surface area contributed by atoms with Gasteiger partial charge in [-0.25, -0.2) is 9.97 Å². The summed E-state index contributed by atoms with van der Waals surface area (Å²) in [7, 11) is 0. The molecule has 0 amide bonds. The average Bonchev–Trinajstić information content (AvgIpc) is 2.86. The Hall–Kier alpha value is -1.46. The third-order valence-electron chi connectivity index (χ3n) is 3.00. The Morgan fingerprint density at radius 1 is 1.35 bits per heavy atom. The van der Waals surface area contributed by atoms with Crippen molar-refractivity contribution in [3.8, 4) is 5.88 Å². The van der Waals surface area contributed by atoms with Crippen LogP contribution in [0, 0.1) is 6.92 Å². The van der Waals surface area contributed by atoms with Crippen LogP contribution in [0.25, 0.3) is 0 Å². The van der Waals surface area contributed by atoms with Gasteiger partial charge in [-0.3, -0.25) is 0 Å². The first kappa shape index (κ1) is 14.9. The molecule has 1 N–H and O–H groups in total. The van der Waals surface area contributed by atoms with Gasteiger partial charge in [-0.2, -0.15) is 0 Å². The Kier molecular flexibility index (Phi) is 5.95. The fourth-order valence-electron chi connectivity index (χ4n) is 1.89. The van der Waals surface area contributed by atoms with Crippen LogP contribution < -0.4 is 10.1 Å². The summed E-state index contributed by atoms with van der Waals surface area (Å²) in [5, 5.41) is 3.38. The molecule has 0 fully saturated rings. The van der Waals surface area contributed by atoms with E-state index in [0.717, 1.165) is 43.1 Å². The fraction of sp³-hybridized carbons (Fsp3) is 0.467. The standard InChI is InChI=1S/C15H21N3OS/c1-3-7-16-10-13-5-4-8-17-15(13)19-9-6-14-12(2)18-11-20-14/h4-5,8,11,16H,3,6-7,9-10H2,1-2H3. The van der Waals surface area contributed by atoms with Crippen LogP contribution in [0.5, 0.6) is 5.88 Å². The highest BCUT2D eigenvalue weighted by Crippen LogP contribution is 2.16. The molecule has 2 aromatic rings. The van der Waals surface area contributed by atoms with Crippen LogP contribution in [0.3, 0.4) is 0 Å². The topological polar surface area (TPSA) is 47.0 Å². The molecule has 2 rings (SSSR count). The number of aromatic nitrogens is 2. The maximum absolute atomic E-state index is 5.82. The van der Waals surface area contributed by atoms with Crippen molar-refractivity contribution in [3.63, 3.8) is 0 Å². The van der Waals surface area contributed by atoms with Crippen molar-refractivity contribution in [2.75, 3.05) is 13.2 Å². The monoisotopic (exact) mass is 291 g/mol. The van der Waals surface area contributed by atoms with Crippen LogP contribution >= 0.6 is 11.3 Å². The van der Waals surface area contributed by atoms with E-state index in [1.807, 2.05) is 18.5 Å². The van der Waals surface area contributed by atoms with Crippen LogP contribution in [-0.2, 0) is 13.0 Å². The number of pyridine rings is 1. The van der Waals surface area contributed by atoms with Crippen LogP contribution in [0.1, 0.15) is 29.5 Å². The quantitative estimate of drug-likeness (QED) is 0.760. The Balaban J connectivity index is 1.87. The molecule has 0 atom stereocenters. The summed E-state index contributed by atoms with van der Waals surface area (Å²) in [6.07, 6.45) is 3.78. The Morgan fingerprint density at radius 3 is 3.00 bits per heavy atom. The van der Waals surface area contributed by atoms with Crippen molar-refractivity contribution in [2.45, 2.75) is 33.2 Å². The smallest absolute Gasteiger partial charge is 0.217 e. The second-order valence-corrected chi connectivity index (χ2v) is 5.54. The first-order valence-electron chi connectivity index (χ1n) is 6.97. The third kappa shape index (κ3) is 4.28. The largest absolute Gasteiger partial charge is 0.477 e. The summed E-state index contributed by atoms with van der Waals surface area (Å²) in [6, 6.07) is 4.01. The first-order chi connectivity index (χ1) is 9.81. The van der Waals surface area contributed by atoms with E-state index in [0.29, 0.717) is 6.61 Å². The zero-order chi connectivity index (χ0) is 14.2. The van der Waals surface area contributed by atoms with Crippen molar-refractivity contribution in [2.24, 2.45) is 0 Å². The fourth-order valence-corrected chi connectivity index (χ4v) is 2.66. The first-order valence-corrected chi connectivity index (χ1v) is 7.85. The second-order valence-electron chi connectivity index (χ2n) is 4.60. The minimum absolute atomic E-state index is 0.640. The lowest BCUT2D eigenvalue weighted by Gasteiger charge is -2.10. The molecule has 0 saturated carbocycles. The number of hydrogen-bond acceptors (Lipinski definition) is 5. The van der Waals surface area contributed by atoms with Gasteiger partial charge in [0, 0.05) is 29.6 Å². The van der Waals surface area contributed by atoms with Gasteiger partial charge in [0.2, 0.25) is 5.88 Å². The molecule has 5 heteroatoms. The number of nitrogens with one attached hydrogen (secondary N) is 1. The lowest BCUT2D eigenvalue weighted by atomic mass is 10.2. The van der Waals surface area contributed by atoms with Crippen LogP contribution in [-0.4, -0.2) is 23.1 Å². The molecular weight excluding hydrogens is 270 g/mol. The normalized spacial score (nSPS) is 10.7. The van der Waals surface area contributed by atoms with Gasteiger partial charge in [0.15, 0.2) is 0 Å². The average molecular weight is 291 g/mol. The van der Waals surface area contributed by atoms with E-state index in [1.165, 1.54) is 4.88 Å². The van der Waals surface area contributed by atoms with E-state index in [9.17, 15) is 0 Å². The summed E-state index contributed by atoms with van der Waals surface area (Å²) in [6.45, 7) is 6.64. The Morgan fingerprint density at radius 2 is 2.25 bits per heavy atom. The minimum atomic E-state index is 0.640. The maximum Gasteiger partial charge on any atom is 0.217 e. The molecule has 0 unspecified atom stereocenters. The predicted molar refractivity (Wildman–Crippen MR) is 82.3 cm³/mol. The van der Waals surface area contributed by atoms with Gasteiger partial charge in [0.1, 0.15) is 0 Å². The van der Waals surface area contributed by atoms with Gasteiger partial charge in [-0.05, 0) is 26.0 Å². The van der Waals surface area contributed by atoms with Gasteiger partial charge in [0.05, 0.1) is 17.8 Å². The number of ether oxygens (including phenoxy) is 1. The number of nitrogens with zero attached hydrogens (tertiary/aromatic N) is 2. The molecule has 2 aromatic heterocycles. The number of thiazole rings is 1. The predicted octanol–water partition coefficient (Wildman–Crippen LogP) is 2.97. The van der Waals surface area contributed by atoms with Crippen molar-refractivity contribution in [1.29, 1.82) is 0 Å². The van der Waals surface area contributed by atoms with E-state index in [2.05, 4.69) is 28.3 Å². The van der Waals surface area contributed by atoms with Gasteiger partial charge < -0.3 is 10.1 Å². The van der Waals surface area contributed by atoms with Gasteiger partial charge in [-0.1, -0.05) is 13.0 Å². The molecule has 0 saturated heterocycles. The molecule has 4 nitrogen and oxygen atoms in total. The number of rotatable bonds is 8. The van der Waals surface area contributed by atoms with E-state index in [4.69, 9.17) is 4.74 Å². The molecule has 2 heterocycles. The Labute approximate surface area is 124 Å². The maximum atomic E-state index is 5.82. The molecule has 0 radical (unpaired) electrons. The zero-order valence-corrected chi connectivity index (χ0v) is 12.9. The lowest BCUT2D eigenvalue weighted by Crippen LogP contribution is -2.15. The van der Waals surface area contributed by atoms with Gasteiger partial charge in [-0.15, -0.1) is 11.3 Å². The van der Waals surface area contributed by atoms with Crippen LogP contribution in [0.15, 0.2) is 23.8 Å². The summed E-state index contributed by atoms with van der Waals surface area (Å²) in [4.78, 5) is 9.86. The van der Waals surface area contributed by atoms with Crippen molar-refractivity contribution in [1.82, 2.24) is 15.3 Å². The summed E-state index contributed by atoms with van der Waals surface area (Å²) in [5.74, 6) is 0.735. The second kappa shape index (κ2) is 7.97. The van der Waals surface area contributed by atoms with E-state index < -0.39 is 0 Å². The molecular formula is C15H21N3OS. The van der Waals surface area contributed by atoms with E-state index >= 15 is 0 Å². The molecule has 108 valence electrons. The summed E-state index contributed by atoms with van der Waals surface area (Å²) < 4.78 is 5.82. The molecule has 0 spiro atoms. The van der Waals surface area contributed by atoms with Crippen LogP contribution in [0.4, 0.5) is 0 Å². The van der Waals surface area contributed by atoms with Crippen molar-refractivity contribution < 1.29 is 4.74 Å². The van der Waals surface area contributed by atoms with Gasteiger partial charge in [0.25, 0.3) is 0 Å². The highest BCUT2D eigenvalue weighted by atomic mass is 32.1.